The van der Waals surface area contributed by atoms with Crippen molar-refractivity contribution in [3.63, 3.8) is 0 Å². The number of aromatic nitrogens is 2. The number of nitrogens with zero attached hydrogens (tertiary/aromatic N) is 3. The van der Waals surface area contributed by atoms with E-state index < -0.39 is 0 Å². The number of benzene rings is 1. The summed E-state index contributed by atoms with van der Waals surface area (Å²) in [6.45, 7) is 4.04. The maximum Gasteiger partial charge on any atom is 0.226 e. The van der Waals surface area contributed by atoms with Gasteiger partial charge in [0.2, 0.25) is 5.91 Å². The Morgan fingerprint density at radius 3 is 2.81 bits per heavy atom. The number of amides is 1. The van der Waals surface area contributed by atoms with E-state index in [9.17, 15) is 4.79 Å². The Balaban J connectivity index is 2.01. The van der Waals surface area contributed by atoms with Gasteiger partial charge in [0.1, 0.15) is 0 Å². The van der Waals surface area contributed by atoms with Crippen LogP contribution in [0.1, 0.15) is 24.9 Å². The third-order valence-electron chi connectivity index (χ3n) is 3.43. The molecule has 0 bridgehead atoms. The number of carbonyl (C=O) groups excluding carboxylic acids is 1. The molecule has 5 nitrogen and oxygen atoms in total. The van der Waals surface area contributed by atoms with Crippen LogP contribution in [0.2, 0.25) is 0 Å². The van der Waals surface area contributed by atoms with Crippen LogP contribution in [-0.2, 0) is 4.79 Å². The molecule has 2 rings (SSSR count). The highest BCUT2D eigenvalue weighted by Crippen LogP contribution is 2.23. The zero-order valence-corrected chi connectivity index (χ0v) is 13.0. The zero-order chi connectivity index (χ0) is 15.4. The lowest BCUT2D eigenvalue weighted by atomic mass is 10.1. The number of aryl methyl sites for hydroxylation is 1. The number of hydrogen-bond acceptors (Lipinski definition) is 3. The molecule has 5 heteroatoms. The van der Waals surface area contributed by atoms with Gasteiger partial charge in [0.25, 0.3) is 0 Å². The molecule has 21 heavy (non-hydrogen) atoms. The molecule has 0 aliphatic rings. The molecule has 0 radical (unpaired) electrons. The molecule has 1 heterocycles. The largest absolute Gasteiger partial charge is 0.377 e. The van der Waals surface area contributed by atoms with Crippen LogP contribution < -0.4 is 10.2 Å². The Bertz CT molecular complexity index is 605. The molecule has 1 N–H and O–H groups in total. The van der Waals surface area contributed by atoms with Crippen LogP contribution in [-0.4, -0.2) is 29.8 Å². The monoisotopic (exact) mass is 286 g/mol. The van der Waals surface area contributed by atoms with Crippen molar-refractivity contribution in [2.45, 2.75) is 26.3 Å². The van der Waals surface area contributed by atoms with Gasteiger partial charge in [-0.2, -0.15) is 5.10 Å². The first-order chi connectivity index (χ1) is 9.97. The van der Waals surface area contributed by atoms with Gasteiger partial charge >= 0.3 is 0 Å². The molecule has 0 fully saturated rings. The smallest absolute Gasteiger partial charge is 0.226 e. The van der Waals surface area contributed by atoms with Gasteiger partial charge in [-0.3, -0.25) is 9.48 Å². The highest BCUT2D eigenvalue weighted by Gasteiger charge is 2.12. The Kier molecular flexibility index (Phi) is 4.62. The summed E-state index contributed by atoms with van der Waals surface area (Å²) in [6, 6.07) is 7.84. The molecule has 1 aromatic carbocycles. The Morgan fingerprint density at radius 1 is 1.43 bits per heavy atom. The van der Waals surface area contributed by atoms with E-state index in [0.717, 1.165) is 11.4 Å². The average Bonchev–Trinajstić information content (AvgIpc) is 2.94. The van der Waals surface area contributed by atoms with Crippen LogP contribution in [0, 0.1) is 6.92 Å². The minimum Gasteiger partial charge on any atom is -0.377 e. The number of nitrogens with one attached hydrogen (secondary N) is 1. The first-order valence-corrected chi connectivity index (χ1v) is 7.04. The number of rotatable bonds is 5. The molecular formula is C16H22N4O. The molecule has 0 aliphatic heterocycles. The van der Waals surface area contributed by atoms with Crippen molar-refractivity contribution < 1.29 is 4.79 Å². The second-order valence-electron chi connectivity index (χ2n) is 5.48. The molecule has 112 valence electrons. The maximum atomic E-state index is 12.1. The molecule has 2 aromatic rings. The summed E-state index contributed by atoms with van der Waals surface area (Å²) >= 11 is 0. The van der Waals surface area contributed by atoms with Crippen molar-refractivity contribution in [1.29, 1.82) is 0 Å². The van der Waals surface area contributed by atoms with Gasteiger partial charge in [0, 0.05) is 44.3 Å². The van der Waals surface area contributed by atoms with Gasteiger partial charge in [-0.05, 0) is 37.6 Å². The first-order valence-electron chi connectivity index (χ1n) is 7.04. The highest BCUT2D eigenvalue weighted by atomic mass is 16.1. The molecule has 0 saturated carbocycles. The van der Waals surface area contributed by atoms with Crippen molar-refractivity contribution in [2.24, 2.45) is 0 Å². The van der Waals surface area contributed by atoms with Gasteiger partial charge in [-0.25, -0.2) is 0 Å². The fraction of sp³-hybridized carbons (Fsp3) is 0.375. The normalized spacial score (nSPS) is 12.0. The zero-order valence-electron chi connectivity index (χ0n) is 13.0. The van der Waals surface area contributed by atoms with E-state index in [2.05, 4.69) is 17.3 Å². The first kappa shape index (κ1) is 15.1. The minimum atomic E-state index is -0.00782. The van der Waals surface area contributed by atoms with E-state index >= 15 is 0 Å². The number of carbonyl (C=O) groups is 1. The summed E-state index contributed by atoms with van der Waals surface area (Å²) in [6.07, 6.45) is 3.98. The predicted molar refractivity (Wildman–Crippen MR) is 85.7 cm³/mol. The van der Waals surface area contributed by atoms with Gasteiger partial charge < -0.3 is 10.2 Å². The third kappa shape index (κ3) is 3.84. The summed E-state index contributed by atoms with van der Waals surface area (Å²) in [7, 11) is 3.99. The lowest BCUT2D eigenvalue weighted by Gasteiger charge is -2.17. The van der Waals surface area contributed by atoms with E-state index in [0.29, 0.717) is 6.42 Å². The Hall–Kier alpha value is -2.30. The second kappa shape index (κ2) is 6.43. The molecular weight excluding hydrogens is 264 g/mol. The lowest BCUT2D eigenvalue weighted by molar-refractivity contribution is -0.116. The van der Waals surface area contributed by atoms with E-state index in [1.54, 1.807) is 10.9 Å². The Morgan fingerprint density at radius 2 is 2.19 bits per heavy atom. The van der Waals surface area contributed by atoms with E-state index in [1.807, 2.05) is 56.4 Å². The molecule has 1 amide bonds. The fourth-order valence-corrected chi connectivity index (χ4v) is 2.28. The van der Waals surface area contributed by atoms with Crippen LogP contribution in [0.15, 0.2) is 36.7 Å². The summed E-state index contributed by atoms with van der Waals surface area (Å²) < 4.78 is 1.79. The quantitative estimate of drug-likeness (QED) is 0.919. The molecule has 0 saturated heterocycles. The molecule has 1 atom stereocenters. The minimum absolute atomic E-state index is 0.00782. The Labute approximate surface area is 125 Å². The van der Waals surface area contributed by atoms with Crippen molar-refractivity contribution in [3.05, 3.63) is 42.2 Å². The fourth-order valence-electron chi connectivity index (χ4n) is 2.28. The topological polar surface area (TPSA) is 50.2 Å². The van der Waals surface area contributed by atoms with Crippen LogP contribution >= 0.6 is 0 Å². The molecule has 1 unspecified atom stereocenters. The second-order valence-corrected chi connectivity index (χ2v) is 5.48. The molecule has 0 spiro atoms. The van der Waals surface area contributed by atoms with Gasteiger partial charge in [0.15, 0.2) is 0 Å². The van der Waals surface area contributed by atoms with E-state index in [-0.39, 0.29) is 11.9 Å². The van der Waals surface area contributed by atoms with Gasteiger partial charge in [-0.15, -0.1) is 0 Å². The lowest BCUT2D eigenvalue weighted by Crippen LogP contribution is -2.18. The van der Waals surface area contributed by atoms with E-state index in [4.69, 9.17) is 0 Å². The van der Waals surface area contributed by atoms with Gasteiger partial charge in [-0.1, -0.05) is 6.07 Å². The average molecular weight is 286 g/mol. The SMILES string of the molecule is Cc1ccc(NC(=O)CC(C)n2cccn2)cc1N(C)C. The van der Waals surface area contributed by atoms with Crippen molar-refractivity contribution in [2.75, 3.05) is 24.3 Å². The van der Waals surface area contributed by atoms with Crippen LogP contribution in [0.3, 0.4) is 0 Å². The third-order valence-corrected chi connectivity index (χ3v) is 3.43. The summed E-state index contributed by atoms with van der Waals surface area (Å²) in [4.78, 5) is 14.2. The van der Waals surface area contributed by atoms with Crippen molar-refractivity contribution in [1.82, 2.24) is 9.78 Å². The van der Waals surface area contributed by atoms with Crippen LogP contribution in [0.25, 0.3) is 0 Å². The highest BCUT2D eigenvalue weighted by molar-refractivity contribution is 5.91. The van der Waals surface area contributed by atoms with Crippen molar-refractivity contribution >= 4 is 17.3 Å². The summed E-state index contributed by atoms with van der Waals surface area (Å²) in [5.41, 5.74) is 3.11. The summed E-state index contributed by atoms with van der Waals surface area (Å²) in [5, 5.41) is 7.11. The standard InChI is InChI=1S/C16H22N4O/c1-12-6-7-14(11-15(12)19(3)4)18-16(21)10-13(2)20-9-5-8-17-20/h5-9,11,13H,10H2,1-4H3,(H,18,21). The van der Waals surface area contributed by atoms with E-state index in [1.165, 1.54) is 5.56 Å². The van der Waals surface area contributed by atoms with Gasteiger partial charge in [0.05, 0.1) is 6.04 Å². The number of anilines is 2. The van der Waals surface area contributed by atoms with Crippen molar-refractivity contribution in [3.8, 4) is 0 Å². The number of hydrogen-bond donors (Lipinski definition) is 1. The summed E-state index contributed by atoms with van der Waals surface area (Å²) in [5.74, 6) is -0.00782. The molecule has 1 aromatic heterocycles. The molecule has 0 aliphatic carbocycles. The predicted octanol–water partition coefficient (Wildman–Crippen LogP) is 2.85. The van der Waals surface area contributed by atoms with Crippen LogP contribution in [0.4, 0.5) is 11.4 Å². The maximum absolute atomic E-state index is 12.1. The van der Waals surface area contributed by atoms with Crippen LogP contribution in [0.5, 0.6) is 0 Å².